The van der Waals surface area contributed by atoms with E-state index in [-0.39, 0.29) is 18.3 Å². The maximum absolute atomic E-state index is 11.4. The second-order valence-corrected chi connectivity index (χ2v) is 4.66. The molecule has 0 aromatic carbocycles. The monoisotopic (exact) mass is 267 g/mol. The molecule has 2 rings (SSSR count). The van der Waals surface area contributed by atoms with Crippen LogP contribution in [0.2, 0.25) is 0 Å². The van der Waals surface area contributed by atoms with Crippen LogP contribution in [-0.2, 0) is 11.2 Å². The number of carbonyl (C=O) groups excluding carboxylic acids is 1. The fraction of sp³-hybridized carbons (Fsp3) is 0.364. The minimum Gasteiger partial charge on any atom is -0.460 e. The van der Waals surface area contributed by atoms with Gasteiger partial charge in [-0.25, -0.2) is 4.79 Å². The van der Waals surface area contributed by atoms with Crippen molar-refractivity contribution in [1.82, 2.24) is 10.1 Å². The molecule has 18 heavy (non-hydrogen) atoms. The first-order valence-corrected chi connectivity index (χ1v) is 6.36. The summed E-state index contributed by atoms with van der Waals surface area (Å²) in [5.41, 5.74) is 6.53. The van der Waals surface area contributed by atoms with Gasteiger partial charge in [-0.15, -0.1) is 11.3 Å². The van der Waals surface area contributed by atoms with Gasteiger partial charge in [0.05, 0.1) is 17.2 Å². The Bertz CT molecular complexity index is 562. The van der Waals surface area contributed by atoms with Gasteiger partial charge in [-0.3, -0.25) is 0 Å². The Morgan fingerprint density at radius 3 is 2.94 bits per heavy atom. The lowest BCUT2D eigenvalue weighted by atomic mass is 10.2. The first-order chi connectivity index (χ1) is 8.65. The van der Waals surface area contributed by atoms with E-state index >= 15 is 0 Å². The van der Waals surface area contributed by atoms with Gasteiger partial charge >= 0.3 is 5.97 Å². The summed E-state index contributed by atoms with van der Waals surface area (Å²) in [6.45, 7) is 4.01. The van der Waals surface area contributed by atoms with Crippen LogP contribution in [0.15, 0.2) is 10.6 Å². The SMILES string of the molecule is CCOC(=O)c1noc(-c2cc(CC)sc2N)n1. The van der Waals surface area contributed by atoms with E-state index in [0.29, 0.717) is 10.6 Å². The number of aromatic nitrogens is 2. The number of ether oxygens (including phenoxy) is 1. The van der Waals surface area contributed by atoms with E-state index in [1.807, 2.05) is 13.0 Å². The van der Waals surface area contributed by atoms with Crippen LogP contribution >= 0.6 is 11.3 Å². The quantitative estimate of drug-likeness (QED) is 0.853. The van der Waals surface area contributed by atoms with Gasteiger partial charge in [-0.1, -0.05) is 6.92 Å². The fourth-order valence-electron chi connectivity index (χ4n) is 1.41. The van der Waals surface area contributed by atoms with Crippen LogP contribution in [0.3, 0.4) is 0 Å². The molecule has 96 valence electrons. The summed E-state index contributed by atoms with van der Waals surface area (Å²) in [5.74, 6) is -0.445. The van der Waals surface area contributed by atoms with Crippen molar-refractivity contribution in [1.29, 1.82) is 0 Å². The number of nitrogens with zero attached hydrogens (tertiary/aromatic N) is 2. The average Bonchev–Trinajstić information content (AvgIpc) is 2.95. The van der Waals surface area contributed by atoms with Crippen LogP contribution in [0.5, 0.6) is 0 Å². The van der Waals surface area contributed by atoms with Crippen molar-refractivity contribution < 1.29 is 14.1 Å². The summed E-state index contributed by atoms with van der Waals surface area (Å²) in [5, 5.41) is 4.18. The second kappa shape index (κ2) is 5.18. The molecular formula is C11H13N3O3S. The molecule has 2 N–H and O–H groups in total. The lowest BCUT2D eigenvalue weighted by Gasteiger charge is -1.93. The van der Waals surface area contributed by atoms with E-state index in [4.69, 9.17) is 15.0 Å². The van der Waals surface area contributed by atoms with E-state index in [0.717, 1.165) is 11.3 Å². The summed E-state index contributed by atoms with van der Waals surface area (Å²) in [7, 11) is 0. The molecule has 0 atom stereocenters. The molecule has 6 nitrogen and oxygen atoms in total. The van der Waals surface area contributed by atoms with Crippen molar-refractivity contribution in [3.63, 3.8) is 0 Å². The van der Waals surface area contributed by atoms with Gasteiger partial charge in [0.2, 0.25) is 0 Å². The van der Waals surface area contributed by atoms with Crippen LogP contribution in [0.25, 0.3) is 11.5 Å². The number of carbonyl (C=O) groups is 1. The molecule has 0 saturated heterocycles. The number of aryl methyl sites for hydroxylation is 1. The normalized spacial score (nSPS) is 10.6. The molecule has 0 bridgehead atoms. The molecule has 0 unspecified atom stereocenters. The standard InChI is InChI=1S/C11H13N3O3S/c1-3-6-5-7(8(12)18-6)10-13-9(14-17-10)11(15)16-4-2/h5H,3-4,12H2,1-2H3. The van der Waals surface area contributed by atoms with E-state index in [1.165, 1.54) is 11.3 Å². The number of hydrogen-bond donors (Lipinski definition) is 1. The van der Waals surface area contributed by atoms with Gasteiger partial charge in [-0.05, 0) is 24.6 Å². The zero-order valence-corrected chi connectivity index (χ0v) is 10.9. The minimum absolute atomic E-state index is 0.0875. The maximum atomic E-state index is 11.4. The van der Waals surface area contributed by atoms with Crippen LogP contribution in [0.1, 0.15) is 29.3 Å². The fourth-order valence-corrected chi connectivity index (χ4v) is 2.27. The van der Waals surface area contributed by atoms with Gasteiger partial charge in [-0.2, -0.15) is 4.98 Å². The van der Waals surface area contributed by atoms with Crippen LogP contribution in [-0.4, -0.2) is 22.7 Å². The highest BCUT2D eigenvalue weighted by Gasteiger charge is 2.19. The number of nitrogen functional groups attached to an aromatic ring is 1. The largest absolute Gasteiger partial charge is 0.460 e. The number of esters is 1. The molecule has 7 heteroatoms. The minimum atomic E-state index is -0.600. The van der Waals surface area contributed by atoms with Crippen molar-refractivity contribution in [3.8, 4) is 11.5 Å². The molecule has 0 aliphatic carbocycles. The van der Waals surface area contributed by atoms with Crippen molar-refractivity contribution in [2.24, 2.45) is 0 Å². The van der Waals surface area contributed by atoms with Gasteiger partial charge in [0.25, 0.3) is 11.7 Å². The topological polar surface area (TPSA) is 91.2 Å². The van der Waals surface area contributed by atoms with Gasteiger partial charge in [0.1, 0.15) is 0 Å². The molecule has 0 aliphatic heterocycles. The highest BCUT2D eigenvalue weighted by atomic mass is 32.1. The van der Waals surface area contributed by atoms with Crippen molar-refractivity contribution in [2.45, 2.75) is 20.3 Å². The first kappa shape index (κ1) is 12.6. The number of hydrogen-bond acceptors (Lipinski definition) is 7. The molecule has 2 aromatic heterocycles. The highest BCUT2D eigenvalue weighted by molar-refractivity contribution is 7.16. The summed E-state index contributed by atoms with van der Waals surface area (Å²) in [4.78, 5) is 16.5. The smallest absolute Gasteiger partial charge is 0.379 e. The van der Waals surface area contributed by atoms with E-state index in [9.17, 15) is 4.79 Å². The molecule has 0 fully saturated rings. The average molecular weight is 267 g/mol. The second-order valence-electron chi connectivity index (χ2n) is 3.49. The van der Waals surface area contributed by atoms with Crippen molar-refractivity contribution in [3.05, 3.63) is 16.8 Å². The lowest BCUT2D eigenvalue weighted by molar-refractivity contribution is 0.0508. The third-order valence-corrected chi connectivity index (χ3v) is 3.38. The molecule has 0 spiro atoms. The summed E-state index contributed by atoms with van der Waals surface area (Å²) in [6, 6.07) is 1.89. The summed E-state index contributed by atoms with van der Waals surface area (Å²) in [6.07, 6.45) is 0.883. The molecule has 0 amide bonds. The Morgan fingerprint density at radius 1 is 1.56 bits per heavy atom. The van der Waals surface area contributed by atoms with Gasteiger partial charge in [0.15, 0.2) is 0 Å². The van der Waals surface area contributed by atoms with Gasteiger partial charge in [0, 0.05) is 4.88 Å². The molecule has 2 heterocycles. The summed E-state index contributed by atoms with van der Waals surface area (Å²) >= 11 is 1.47. The Hall–Kier alpha value is -1.89. The number of rotatable bonds is 4. The third-order valence-electron chi connectivity index (χ3n) is 2.27. The third kappa shape index (κ3) is 2.35. The van der Waals surface area contributed by atoms with Crippen LogP contribution in [0, 0.1) is 0 Å². The number of thiophene rings is 1. The molecular weight excluding hydrogens is 254 g/mol. The predicted molar refractivity (Wildman–Crippen MR) is 67.4 cm³/mol. The first-order valence-electron chi connectivity index (χ1n) is 5.55. The molecule has 0 radical (unpaired) electrons. The van der Waals surface area contributed by atoms with Crippen molar-refractivity contribution in [2.75, 3.05) is 12.3 Å². The Balaban J connectivity index is 2.28. The lowest BCUT2D eigenvalue weighted by Crippen LogP contribution is -2.06. The highest BCUT2D eigenvalue weighted by Crippen LogP contribution is 2.33. The summed E-state index contributed by atoms with van der Waals surface area (Å²) < 4.78 is 9.80. The molecule has 2 aromatic rings. The zero-order chi connectivity index (χ0) is 13.1. The number of nitrogens with two attached hydrogens (primary N) is 1. The van der Waals surface area contributed by atoms with E-state index in [1.54, 1.807) is 6.92 Å². The van der Waals surface area contributed by atoms with Crippen LogP contribution in [0.4, 0.5) is 5.00 Å². The van der Waals surface area contributed by atoms with Gasteiger partial charge < -0.3 is 15.0 Å². The van der Waals surface area contributed by atoms with Crippen LogP contribution < -0.4 is 5.73 Å². The Morgan fingerprint density at radius 2 is 2.33 bits per heavy atom. The predicted octanol–water partition coefficient (Wildman–Crippen LogP) is 2.12. The molecule has 0 aliphatic rings. The number of anilines is 1. The maximum Gasteiger partial charge on any atom is 0.379 e. The Kier molecular flexibility index (Phi) is 3.61. The Labute approximate surface area is 108 Å². The zero-order valence-electron chi connectivity index (χ0n) is 10.1. The van der Waals surface area contributed by atoms with E-state index < -0.39 is 5.97 Å². The van der Waals surface area contributed by atoms with E-state index in [2.05, 4.69) is 10.1 Å². The molecule has 0 saturated carbocycles. The van der Waals surface area contributed by atoms with Crippen molar-refractivity contribution >= 4 is 22.3 Å².